The van der Waals surface area contributed by atoms with Crippen LogP contribution in [0.2, 0.25) is 0 Å². The third kappa shape index (κ3) is 7.73. The fourth-order valence-corrected chi connectivity index (χ4v) is 5.26. The van der Waals surface area contributed by atoms with Gasteiger partial charge in [0.15, 0.2) is 16.6 Å². The van der Waals surface area contributed by atoms with Gasteiger partial charge in [0.05, 0.1) is 27.0 Å². The molecule has 0 bridgehead atoms. The highest BCUT2D eigenvalue weighted by molar-refractivity contribution is 7.17. The van der Waals surface area contributed by atoms with Gasteiger partial charge in [0, 0.05) is 32.2 Å². The molecular formula is C28H37N7O7S. The van der Waals surface area contributed by atoms with Crippen LogP contribution < -0.4 is 35.1 Å². The minimum absolute atomic E-state index is 0.117. The number of nitrogens with one attached hydrogen (secondary N) is 3. The van der Waals surface area contributed by atoms with E-state index >= 15 is 0 Å². The third-order valence-corrected chi connectivity index (χ3v) is 7.40. The second kappa shape index (κ2) is 13.3. The van der Waals surface area contributed by atoms with Gasteiger partial charge in [0.2, 0.25) is 11.7 Å². The molecule has 14 nitrogen and oxygen atoms in total. The van der Waals surface area contributed by atoms with E-state index in [1.807, 2.05) is 37.8 Å². The van der Waals surface area contributed by atoms with Crippen molar-refractivity contribution in [1.29, 1.82) is 0 Å². The first-order valence-corrected chi connectivity index (χ1v) is 14.3. The quantitative estimate of drug-likeness (QED) is 0.231. The largest absolute Gasteiger partial charge is 0.493 e. The van der Waals surface area contributed by atoms with Crippen LogP contribution in [0.4, 0.5) is 22.7 Å². The van der Waals surface area contributed by atoms with Crippen LogP contribution >= 0.6 is 11.3 Å². The molecule has 4 rings (SSSR count). The number of anilines is 4. The number of thiazole rings is 1. The number of methoxy groups -OCH3 is 3. The number of carboxylic acid groups (broad SMARTS) is 1. The summed E-state index contributed by atoms with van der Waals surface area (Å²) in [7, 11) is 4.64. The Morgan fingerprint density at radius 3 is 2.37 bits per heavy atom. The number of carboxylic acids is 1. The smallest absolute Gasteiger partial charge is 0.347 e. The van der Waals surface area contributed by atoms with Crippen LogP contribution in [0.1, 0.15) is 41.7 Å². The molecular weight excluding hydrogens is 578 g/mol. The highest BCUT2D eigenvalue weighted by Gasteiger charge is 2.34. The van der Waals surface area contributed by atoms with E-state index in [0.717, 1.165) is 16.9 Å². The van der Waals surface area contributed by atoms with Crippen molar-refractivity contribution >= 4 is 46.0 Å². The molecule has 1 unspecified atom stereocenters. The molecule has 0 saturated carbocycles. The molecule has 1 atom stereocenters. The average Bonchev–Trinajstić information content (AvgIpc) is 3.34. The summed E-state index contributed by atoms with van der Waals surface area (Å²) < 4.78 is 22.1. The SMILES string of the molecule is COc1cc(CNc2cc(N3CCNCC3C(=O)OC(C)(C)C)nc(Nc3nc(C)c(C(=O)O)s3)n2)cc(OC)c1OC. The first-order chi connectivity index (χ1) is 20.4. The van der Waals surface area contributed by atoms with Crippen LogP contribution in [-0.2, 0) is 16.1 Å². The van der Waals surface area contributed by atoms with Gasteiger partial charge in [-0.2, -0.15) is 9.97 Å². The van der Waals surface area contributed by atoms with Gasteiger partial charge in [-0.15, -0.1) is 0 Å². The molecule has 1 saturated heterocycles. The van der Waals surface area contributed by atoms with Crippen molar-refractivity contribution in [2.45, 2.75) is 45.9 Å². The number of rotatable bonds is 11. The van der Waals surface area contributed by atoms with Gasteiger partial charge in [-0.3, -0.25) is 5.32 Å². The molecule has 232 valence electrons. The summed E-state index contributed by atoms with van der Waals surface area (Å²) in [5, 5.41) is 19.4. The monoisotopic (exact) mass is 615 g/mol. The molecule has 43 heavy (non-hydrogen) atoms. The molecule has 0 spiro atoms. The highest BCUT2D eigenvalue weighted by Crippen LogP contribution is 2.38. The molecule has 1 aliphatic heterocycles. The number of piperazine rings is 1. The van der Waals surface area contributed by atoms with Crippen LogP contribution in [0.25, 0.3) is 0 Å². The van der Waals surface area contributed by atoms with Crippen LogP contribution in [0.3, 0.4) is 0 Å². The van der Waals surface area contributed by atoms with E-state index in [1.54, 1.807) is 34.3 Å². The van der Waals surface area contributed by atoms with E-state index in [2.05, 4.69) is 30.9 Å². The van der Waals surface area contributed by atoms with Crippen molar-refractivity contribution in [1.82, 2.24) is 20.3 Å². The molecule has 2 aromatic heterocycles. The van der Waals surface area contributed by atoms with Crippen molar-refractivity contribution in [2.24, 2.45) is 0 Å². The zero-order valence-electron chi connectivity index (χ0n) is 25.2. The molecule has 0 amide bonds. The molecule has 0 aliphatic carbocycles. The van der Waals surface area contributed by atoms with Gasteiger partial charge >= 0.3 is 11.9 Å². The molecule has 15 heteroatoms. The zero-order valence-corrected chi connectivity index (χ0v) is 26.0. The van der Waals surface area contributed by atoms with E-state index in [1.165, 1.54) is 0 Å². The molecule has 1 aromatic carbocycles. The number of hydrogen-bond acceptors (Lipinski definition) is 14. The van der Waals surface area contributed by atoms with E-state index < -0.39 is 17.6 Å². The Kier molecular flexibility index (Phi) is 9.76. The number of aromatic nitrogens is 3. The van der Waals surface area contributed by atoms with Crippen LogP contribution in [0.5, 0.6) is 17.2 Å². The number of carbonyl (C=O) groups excluding carboxylic acids is 1. The minimum atomic E-state index is -1.06. The van der Waals surface area contributed by atoms with Crippen LogP contribution in [-0.4, -0.2) is 84.6 Å². The Balaban J connectivity index is 1.69. The number of esters is 1. The Bertz CT molecular complexity index is 1450. The van der Waals surface area contributed by atoms with Crippen molar-refractivity contribution in [3.8, 4) is 17.2 Å². The fraction of sp³-hybridized carbons (Fsp3) is 0.464. The number of carbonyl (C=O) groups is 2. The number of hydrogen-bond donors (Lipinski definition) is 4. The molecule has 3 heterocycles. The van der Waals surface area contributed by atoms with Gasteiger partial charge in [0.25, 0.3) is 0 Å². The predicted octanol–water partition coefficient (Wildman–Crippen LogP) is 3.44. The summed E-state index contributed by atoms with van der Waals surface area (Å²) in [5.41, 5.74) is 0.555. The Morgan fingerprint density at radius 2 is 1.79 bits per heavy atom. The Hall–Kier alpha value is -4.37. The van der Waals surface area contributed by atoms with Crippen molar-refractivity contribution < 1.29 is 33.6 Å². The van der Waals surface area contributed by atoms with Crippen molar-refractivity contribution in [3.63, 3.8) is 0 Å². The maximum absolute atomic E-state index is 13.2. The number of aryl methyl sites for hydroxylation is 1. The van der Waals surface area contributed by atoms with Gasteiger partial charge in [-0.25, -0.2) is 14.6 Å². The number of aromatic carboxylic acids is 1. The number of nitrogens with zero attached hydrogens (tertiary/aromatic N) is 4. The summed E-state index contributed by atoms with van der Waals surface area (Å²) in [5.74, 6) is 1.18. The Morgan fingerprint density at radius 1 is 1.09 bits per heavy atom. The number of ether oxygens (including phenoxy) is 4. The van der Waals surface area contributed by atoms with E-state index in [9.17, 15) is 14.7 Å². The molecule has 0 radical (unpaired) electrons. The van der Waals surface area contributed by atoms with Crippen molar-refractivity contribution in [2.75, 3.05) is 56.5 Å². The lowest BCUT2D eigenvalue weighted by atomic mass is 10.1. The molecule has 3 aromatic rings. The predicted molar refractivity (Wildman–Crippen MR) is 162 cm³/mol. The van der Waals surface area contributed by atoms with E-state index in [-0.39, 0.29) is 16.8 Å². The summed E-state index contributed by atoms with van der Waals surface area (Å²) in [4.78, 5) is 40.4. The lowest BCUT2D eigenvalue weighted by molar-refractivity contribution is -0.156. The summed E-state index contributed by atoms with van der Waals surface area (Å²) >= 11 is 0.984. The summed E-state index contributed by atoms with van der Waals surface area (Å²) in [6.45, 7) is 8.94. The maximum atomic E-state index is 13.2. The lowest BCUT2D eigenvalue weighted by Gasteiger charge is -2.37. The fourth-order valence-electron chi connectivity index (χ4n) is 4.46. The van der Waals surface area contributed by atoms with Crippen LogP contribution in [0.15, 0.2) is 18.2 Å². The first kappa shape index (κ1) is 31.6. The average molecular weight is 616 g/mol. The second-order valence-corrected chi connectivity index (χ2v) is 11.6. The van der Waals surface area contributed by atoms with Gasteiger partial charge in [0.1, 0.15) is 28.2 Å². The standard InChI is InChI=1S/C28H37N7O7S/c1-15-23(24(36)37)43-27(31-15)34-26-32-20(30-13-16-10-18(39-5)22(41-7)19(11-16)40-6)12-21(33-26)35-9-8-29-14-17(35)25(38)42-28(2,3)4/h10-12,17,29H,8-9,13-14H2,1-7H3,(H,36,37)(H2,30,31,32,33,34). The van der Waals surface area contributed by atoms with Gasteiger partial charge < -0.3 is 39.6 Å². The summed E-state index contributed by atoms with van der Waals surface area (Å²) in [6.07, 6.45) is 0. The van der Waals surface area contributed by atoms with Crippen molar-refractivity contribution in [3.05, 3.63) is 34.3 Å². The van der Waals surface area contributed by atoms with Gasteiger partial charge in [-0.1, -0.05) is 11.3 Å². The minimum Gasteiger partial charge on any atom is -0.493 e. The molecule has 4 N–H and O–H groups in total. The maximum Gasteiger partial charge on any atom is 0.347 e. The Labute approximate surface area is 253 Å². The first-order valence-electron chi connectivity index (χ1n) is 13.5. The topological polar surface area (TPSA) is 169 Å². The van der Waals surface area contributed by atoms with Gasteiger partial charge in [-0.05, 0) is 45.4 Å². The van der Waals surface area contributed by atoms with E-state index in [0.29, 0.717) is 65.9 Å². The molecule has 1 aliphatic rings. The number of benzene rings is 1. The van der Waals surface area contributed by atoms with E-state index in [4.69, 9.17) is 18.9 Å². The van der Waals surface area contributed by atoms with Crippen LogP contribution in [0, 0.1) is 6.92 Å². The zero-order chi connectivity index (χ0) is 31.3. The third-order valence-electron chi connectivity index (χ3n) is 6.34. The highest BCUT2D eigenvalue weighted by atomic mass is 32.1. The normalized spacial score (nSPS) is 15.0. The second-order valence-electron chi connectivity index (χ2n) is 10.6. The molecule has 1 fully saturated rings. The lowest BCUT2D eigenvalue weighted by Crippen LogP contribution is -2.56. The summed E-state index contributed by atoms with van der Waals surface area (Å²) in [6, 6.07) is 4.79.